The van der Waals surface area contributed by atoms with E-state index >= 15 is 0 Å². The van der Waals surface area contributed by atoms with Crippen molar-refractivity contribution in [2.24, 2.45) is 7.05 Å². The van der Waals surface area contributed by atoms with Crippen molar-refractivity contribution in [1.29, 1.82) is 0 Å². The monoisotopic (exact) mass is 419 g/mol. The van der Waals surface area contributed by atoms with Crippen LogP contribution in [0.25, 0.3) is 0 Å². The van der Waals surface area contributed by atoms with Crippen LogP contribution in [0.2, 0.25) is 0 Å². The zero-order chi connectivity index (χ0) is 22.3. The maximum Gasteiger partial charge on any atom is 0.331 e. The Morgan fingerprint density at radius 2 is 1.42 bits per heavy atom. The molecule has 160 valence electrons. The molecule has 4 rings (SSSR count). The highest BCUT2D eigenvalue weighted by molar-refractivity contribution is 5.96. The van der Waals surface area contributed by atoms with Gasteiger partial charge in [-0.3, -0.25) is 18.7 Å². The van der Waals surface area contributed by atoms with Gasteiger partial charge in [0.2, 0.25) is 5.75 Å². The van der Waals surface area contributed by atoms with Crippen LogP contribution in [0.1, 0.15) is 47.4 Å². The second-order valence-corrected chi connectivity index (χ2v) is 8.13. The van der Waals surface area contributed by atoms with Crippen molar-refractivity contribution in [3.05, 3.63) is 98.3 Å². The molecule has 7 nitrogen and oxygen atoms in total. The van der Waals surface area contributed by atoms with Gasteiger partial charge in [0.25, 0.3) is 11.5 Å². The van der Waals surface area contributed by atoms with E-state index in [0.717, 1.165) is 15.7 Å². The lowest BCUT2D eigenvalue weighted by Gasteiger charge is -2.41. The van der Waals surface area contributed by atoms with Crippen molar-refractivity contribution in [3.63, 3.8) is 0 Å². The Morgan fingerprint density at radius 3 is 1.90 bits per heavy atom. The van der Waals surface area contributed by atoms with Crippen molar-refractivity contribution in [3.8, 4) is 5.75 Å². The first-order valence-electron chi connectivity index (χ1n) is 10.3. The smallest absolute Gasteiger partial charge is 0.331 e. The van der Waals surface area contributed by atoms with Crippen LogP contribution in [0.3, 0.4) is 0 Å². The van der Waals surface area contributed by atoms with Gasteiger partial charge < -0.3 is 10.0 Å². The standard InChI is InChI=1S/C24H25N3O4/c1-15(2)26-14-18(27-20(22(26)29)21(28)23(30)25(3)24(27)31)19(16-10-6-4-7-11-16)17-12-8-5-9-13-17/h4-13,15,18-19,28H,14H2,1-3H3/t18-/m1/s1. The van der Waals surface area contributed by atoms with Crippen molar-refractivity contribution >= 4 is 5.91 Å². The molecule has 2 heterocycles. The third kappa shape index (κ3) is 3.36. The van der Waals surface area contributed by atoms with Gasteiger partial charge in [0.15, 0.2) is 5.69 Å². The molecule has 1 amide bonds. The first kappa shape index (κ1) is 20.7. The SMILES string of the molecule is CC(C)N1C[C@H](C(c2ccccc2)c2ccccc2)n2c(c(O)c(=O)n(C)c2=O)C1=O. The summed E-state index contributed by atoms with van der Waals surface area (Å²) in [6, 6.07) is 18.8. The minimum absolute atomic E-state index is 0.172. The average Bonchev–Trinajstić information content (AvgIpc) is 2.78. The molecule has 0 radical (unpaired) electrons. The van der Waals surface area contributed by atoms with E-state index < -0.39 is 28.9 Å². The summed E-state index contributed by atoms with van der Waals surface area (Å²) in [6.07, 6.45) is 0. The molecule has 0 fully saturated rings. The normalized spacial score (nSPS) is 16.1. The number of aromatic hydroxyl groups is 1. The largest absolute Gasteiger partial charge is 0.501 e. The number of hydrogen-bond donors (Lipinski definition) is 1. The van der Waals surface area contributed by atoms with E-state index in [1.165, 1.54) is 11.6 Å². The van der Waals surface area contributed by atoms with E-state index in [0.29, 0.717) is 0 Å². The van der Waals surface area contributed by atoms with Gasteiger partial charge in [-0.2, -0.15) is 0 Å². The van der Waals surface area contributed by atoms with Gasteiger partial charge in [-0.15, -0.1) is 0 Å². The van der Waals surface area contributed by atoms with E-state index in [4.69, 9.17) is 0 Å². The topological polar surface area (TPSA) is 84.5 Å². The van der Waals surface area contributed by atoms with Crippen LogP contribution in [0.4, 0.5) is 0 Å². The van der Waals surface area contributed by atoms with Gasteiger partial charge in [0.1, 0.15) is 0 Å². The Kier molecular flexibility index (Phi) is 5.27. The molecular formula is C24H25N3O4. The summed E-state index contributed by atoms with van der Waals surface area (Å²) >= 11 is 0. The number of amides is 1. The van der Waals surface area contributed by atoms with Crippen LogP contribution in [-0.2, 0) is 7.05 Å². The van der Waals surface area contributed by atoms with Gasteiger partial charge in [0, 0.05) is 25.6 Å². The number of rotatable bonds is 4. The molecule has 0 saturated heterocycles. The molecule has 7 heteroatoms. The Morgan fingerprint density at radius 1 is 0.903 bits per heavy atom. The molecule has 31 heavy (non-hydrogen) atoms. The van der Waals surface area contributed by atoms with E-state index in [-0.39, 0.29) is 24.2 Å². The van der Waals surface area contributed by atoms with Crippen molar-refractivity contribution in [2.75, 3.05) is 6.54 Å². The maximum atomic E-state index is 13.2. The second-order valence-electron chi connectivity index (χ2n) is 8.13. The van der Waals surface area contributed by atoms with Crippen LogP contribution in [0.15, 0.2) is 70.3 Å². The number of aromatic nitrogens is 2. The summed E-state index contributed by atoms with van der Waals surface area (Å²) in [4.78, 5) is 40.5. The van der Waals surface area contributed by atoms with Crippen molar-refractivity contribution in [1.82, 2.24) is 14.0 Å². The predicted octanol–water partition coefficient (Wildman–Crippen LogP) is 2.49. The zero-order valence-corrected chi connectivity index (χ0v) is 17.7. The minimum Gasteiger partial charge on any atom is -0.501 e. The lowest BCUT2D eigenvalue weighted by atomic mass is 9.83. The van der Waals surface area contributed by atoms with Crippen LogP contribution in [0.5, 0.6) is 5.75 Å². The number of nitrogens with zero attached hydrogens (tertiary/aromatic N) is 3. The van der Waals surface area contributed by atoms with Crippen LogP contribution in [0, 0.1) is 0 Å². The molecule has 0 unspecified atom stereocenters. The quantitative estimate of drug-likeness (QED) is 0.704. The van der Waals surface area contributed by atoms with Gasteiger partial charge in [-0.1, -0.05) is 60.7 Å². The summed E-state index contributed by atoms with van der Waals surface area (Å²) in [6.45, 7) is 4.03. The second kappa shape index (κ2) is 7.91. The van der Waals surface area contributed by atoms with Gasteiger partial charge in [0.05, 0.1) is 6.04 Å². The van der Waals surface area contributed by atoms with Crippen LogP contribution < -0.4 is 11.2 Å². The molecule has 1 aliphatic heterocycles. The van der Waals surface area contributed by atoms with E-state index in [1.807, 2.05) is 74.5 Å². The molecule has 1 aliphatic rings. The summed E-state index contributed by atoms with van der Waals surface area (Å²) in [5.41, 5.74) is 0.224. The van der Waals surface area contributed by atoms with E-state index in [1.54, 1.807) is 4.90 Å². The highest BCUT2D eigenvalue weighted by Crippen LogP contribution is 2.39. The Balaban J connectivity index is 2.05. The first-order chi connectivity index (χ1) is 14.8. The highest BCUT2D eigenvalue weighted by Gasteiger charge is 2.41. The summed E-state index contributed by atoms with van der Waals surface area (Å²) in [5, 5.41) is 10.6. The number of hydrogen-bond acceptors (Lipinski definition) is 4. The zero-order valence-electron chi connectivity index (χ0n) is 17.7. The molecule has 1 atom stereocenters. The fraction of sp³-hybridized carbons (Fsp3) is 0.292. The molecule has 1 N–H and O–H groups in total. The third-order valence-electron chi connectivity index (χ3n) is 5.97. The molecule has 1 aromatic heterocycles. The number of carbonyl (C=O) groups is 1. The maximum absolute atomic E-state index is 13.2. The molecule has 2 aromatic carbocycles. The third-order valence-corrected chi connectivity index (χ3v) is 5.97. The fourth-order valence-electron chi connectivity index (χ4n) is 4.39. The number of benzene rings is 2. The van der Waals surface area contributed by atoms with Gasteiger partial charge >= 0.3 is 5.69 Å². The van der Waals surface area contributed by atoms with Crippen LogP contribution in [-0.4, -0.2) is 37.6 Å². The predicted molar refractivity (Wildman–Crippen MR) is 118 cm³/mol. The molecule has 0 bridgehead atoms. The average molecular weight is 419 g/mol. The molecule has 0 spiro atoms. The van der Waals surface area contributed by atoms with Crippen molar-refractivity contribution < 1.29 is 9.90 Å². The van der Waals surface area contributed by atoms with Gasteiger partial charge in [-0.25, -0.2) is 4.79 Å². The minimum atomic E-state index is -0.870. The summed E-state index contributed by atoms with van der Waals surface area (Å²) < 4.78 is 2.17. The Bertz CT molecular complexity index is 1190. The van der Waals surface area contributed by atoms with E-state index in [9.17, 15) is 19.5 Å². The van der Waals surface area contributed by atoms with E-state index in [2.05, 4.69) is 0 Å². The summed E-state index contributed by atoms with van der Waals surface area (Å²) in [7, 11) is 1.31. The molecular weight excluding hydrogens is 394 g/mol. The number of carbonyl (C=O) groups excluding carboxylic acids is 1. The van der Waals surface area contributed by atoms with Gasteiger partial charge in [-0.05, 0) is 25.0 Å². The lowest BCUT2D eigenvalue weighted by Crippen LogP contribution is -2.54. The number of fused-ring (bicyclic) bond motifs is 1. The Hall–Kier alpha value is -3.61. The Labute approximate surface area is 179 Å². The summed E-state index contributed by atoms with van der Waals surface area (Å²) in [5.74, 6) is -1.48. The fourth-order valence-corrected chi connectivity index (χ4v) is 4.39. The van der Waals surface area contributed by atoms with Crippen LogP contribution >= 0.6 is 0 Å². The highest BCUT2D eigenvalue weighted by atomic mass is 16.3. The molecule has 0 aliphatic carbocycles. The first-order valence-corrected chi connectivity index (χ1v) is 10.3. The molecule has 3 aromatic rings. The lowest BCUT2D eigenvalue weighted by molar-refractivity contribution is 0.0579. The van der Waals surface area contributed by atoms with Crippen molar-refractivity contribution in [2.45, 2.75) is 31.8 Å². The molecule has 0 saturated carbocycles.